The highest BCUT2D eigenvalue weighted by Gasteiger charge is 2.24. The molecule has 58 heavy (non-hydrogen) atoms. The fourth-order valence-electron chi connectivity index (χ4n) is 4.84. The number of nitrogens with zero attached hydrogens (tertiary/aromatic N) is 2. The number of hydrogen-bond donors (Lipinski definition) is 3. The summed E-state index contributed by atoms with van der Waals surface area (Å²) >= 11 is 5.54. The molecule has 4 aromatic rings. The standard InChI is InChI=1S/C20H21F3N2O3.C14H18ClFN2O2.C6H4F2O.CH4/c1-2-3-4-8-16(25-20(27)13-9-10-24-18(23)11-13)17(26)12-28-19-14(21)6-5-7-15(19)22;1-2-3-4-5-11(12(19)9-15)18-14(20)10-6-7-17-13(16)8-10;7-4-2-1-3-5(8)6(4)9;/h5-7,9-11,16H,2-4,8,12H2,1H3,(H,25,27);6-8,11H,2-5,9H2,1H3,(H,18,20);1-3,9H;1H4/t16-;11-;;/m00../s1. The van der Waals surface area contributed by atoms with Crippen LogP contribution in [-0.4, -0.2) is 63.0 Å². The maximum atomic E-state index is 13.6. The Morgan fingerprint density at radius 2 is 1.09 bits per heavy atom. The topological polar surface area (TPSA) is 148 Å². The summed E-state index contributed by atoms with van der Waals surface area (Å²) in [5.41, 5.74) is 0.155. The minimum atomic E-state index is -0.935. The van der Waals surface area contributed by atoms with Gasteiger partial charge >= 0.3 is 0 Å². The van der Waals surface area contributed by atoms with Crippen LogP contribution in [0.5, 0.6) is 11.5 Å². The quantitative estimate of drug-likeness (QED) is 0.0390. The summed E-state index contributed by atoms with van der Waals surface area (Å²) in [6.07, 6.45) is 8.45. The van der Waals surface area contributed by atoms with Gasteiger partial charge in [-0.2, -0.15) is 8.78 Å². The number of Topliss-reactive ketones (excluding diaryl/α,β-unsaturated/α-hetero) is 2. The van der Waals surface area contributed by atoms with E-state index in [1.807, 2.05) is 6.92 Å². The van der Waals surface area contributed by atoms with E-state index in [1.165, 1.54) is 30.5 Å². The maximum absolute atomic E-state index is 13.6. The van der Waals surface area contributed by atoms with Crippen LogP contribution < -0.4 is 15.4 Å². The Labute approximate surface area is 338 Å². The van der Waals surface area contributed by atoms with Gasteiger partial charge in [0.15, 0.2) is 46.3 Å². The number of hydrogen-bond acceptors (Lipinski definition) is 8. The number of para-hydroxylation sites is 2. The molecule has 0 saturated heterocycles. The van der Waals surface area contributed by atoms with Crippen molar-refractivity contribution in [2.45, 2.75) is 84.7 Å². The average molecular weight is 841 g/mol. The van der Waals surface area contributed by atoms with Gasteiger partial charge in [-0.3, -0.25) is 19.2 Å². The van der Waals surface area contributed by atoms with E-state index in [9.17, 15) is 45.5 Å². The van der Waals surface area contributed by atoms with E-state index in [4.69, 9.17) is 21.4 Å². The van der Waals surface area contributed by atoms with Crippen LogP contribution in [0.2, 0.25) is 0 Å². The molecule has 2 atom stereocenters. The molecule has 0 bridgehead atoms. The van der Waals surface area contributed by atoms with Crippen LogP contribution in [0, 0.1) is 35.2 Å². The van der Waals surface area contributed by atoms with E-state index in [0.717, 1.165) is 74.7 Å². The lowest BCUT2D eigenvalue weighted by atomic mass is 10.0. The molecule has 0 fully saturated rings. The predicted molar refractivity (Wildman–Crippen MR) is 207 cm³/mol. The highest BCUT2D eigenvalue weighted by molar-refractivity contribution is 6.28. The highest BCUT2D eigenvalue weighted by atomic mass is 35.5. The third-order valence-corrected chi connectivity index (χ3v) is 8.17. The first-order valence-corrected chi connectivity index (χ1v) is 18.4. The van der Waals surface area contributed by atoms with E-state index < -0.39 is 83.0 Å². The van der Waals surface area contributed by atoms with Crippen LogP contribution in [0.25, 0.3) is 0 Å². The Kier molecular flexibility index (Phi) is 23.7. The number of nitrogens with one attached hydrogen (secondary N) is 2. The third kappa shape index (κ3) is 17.7. The van der Waals surface area contributed by atoms with Crippen molar-refractivity contribution in [2.75, 3.05) is 12.5 Å². The molecule has 316 valence electrons. The first-order chi connectivity index (χ1) is 27.2. The van der Waals surface area contributed by atoms with Gasteiger partial charge in [-0.15, -0.1) is 11.6 Å². The number of benzene rings is 2. The zero-order valence-corrected chi connectivity index (χ0v) is 31.9. The Morgan fingerprint density at radius 3 is 1.47 bits per heavy atom. The van der Waals surface area contributed by atoms with Crippen molar-refractivity contribution in [3.63, 3.8) is 0 Å². The number of pyridine rings is 2. The monoisotopic (exact) mass is 840 g/mol. The second-order valence-electron chi connectivity index (χ2n) is 12.3. The molecule has 0 aliphatic rings. The fraction of sp³-hybridized carbons (Fsp3) is 0.366. The number of amides is 2. The summed E-state index contributed by atoms with van der Waals surface area (Å²) in [7, 11) is 0. The van der Waals surface area contributed by atoms with Crippen molar-refractivity contribution in [1.82, 2.24) is 20.6 Å². The van der Waals surface area contributed by atoms with Gasteiger partial charge in [0.05, 0.1) is 18.0 Å². The number of carbonyl (C=O) groups is 4. The van der Waals surface area contributed by atoms with Crippen molar-refractivity contribution in [1.29, 1.82) is 0 Å². The van der Waals surface area contributed by atoms with Gasteiger partial charge in [0, 0.05) is 35.7 Å². The van der Waals surface area contributed by atoms with Crippen LogP contribution in [0.3, 0.4) is 0 Å². The van der Waals surface area contributed by atoms with Gasteiger partial charge in [0.1, 0.15) is 6.61 Å². The van der Waals surface area contributed by atoms with Gasteiger partial charge in [0.2, 0.25) is 11.9 Å². The van der Waals surface area contributed by atoms with E-state index in [2.05, 4.69) is 27.5 Å². The van der Waals surface area contributed by atoms with Crippen molar-refractivity contribution in [3.05, 3.63) is 119 Å². The Hall–Kier alpha value is -5.51. The molecule has 0 aliphatic heterocycles. The highest BCUT2D eigenvalue weighted by Crippen LogP contribution is 2.21. The van der Waals surface area contributed by atoms with Crippen molar-refractivity contribution >= 4 is 35.0 Å². The number of ketones is 2. The first kappa shape index (κ1) is 50.5. The number of unbranched alkanes of at least 4 members (excludes halogenated alkanes) is 4. The van der Waals surface area contributed by atoms with Gasteiger partial charge in [-0.25, -0.2) is 27.5 Å². The lowest BCUT2D eigenvalue weighted by Gasteiger charge is -2.18. The SMILES string of the molecule is C.CCCCC[C@H](NC(=O)c1ccnc(F)c1)C(=O)CCl.CCCCC[C@H](NC(=O)c1ccnc(F)c1)C(=O)COc1c(F)cccc1F.Oc1c(F)cccc1F. The average Bonchev–Trinajstić information content (AvgIpc) is 3.19. The van der Waals surface area contributed by atoms with Gasteiger partial charge < -0.3 is 20.5 Å². The van der Waals surface area contributed by atoms with Crippen molar-refractivity contribution in [2.24, 2.45) is 0 Å². The van der Waals surface area contributed by atoms with Crippen LogP contribution in [0.1, 0.15) is 93.4 Å². The number of alkyl halides is 1. The molecule has 2 heterocycles. The predicted octanol–water partition coefficient (Wildman–Crippen LogP) is 8.84. The number of ether oxygens (including phenoxy) is 1. The molecule has 0 unspecified atom stereocenters. The number of carbonyl (C=O) groups excluding carboxylic acids is 4. The molecular formula is C41H47ClF6N4O6. The molecule has 4 rings (SSSR count). The second-order valence-corrected chi connectivity index (χ2v) is 12.5. The Balaban J connectivity index is 0.000000486. The van der Waals surface area contributed by atoms with Crippen molar-refractivity contribution < 1.29 is 55.4 Å². The van der Waals surface area contributed by atoms with Gasteiger partial charge in [-0.1, -0.05) is 71.9 Å². The molecule has 2 amide bonds. The van der Waals surface area contributed by atoms with Crippen molar-refractivity contribution in [3.8, 4) is 11.5 Å². The number of halogens is 7. The lowest BCUT2D eigenvalue weighted by Crippen LogP contribution is -2.43. The van der Waals surface area contributed by atoms with Gasteiger partial charge in [0.25, 0.3) is 11.8 Å². The molecule has 3 N–H and O–H groups in total. The largest absolute Gasteiger partial charge is 0.503 e. The summed E-state index contributed by atoms with van der Waals surface area (Å²) in [4.78, 5) is 55.2. The molecule has 2 aromatic carbocycles. The maximum Gasteiger partial charge on any atom is 0.252 e. The van der Waals surface area contributed by atoms with E-state index in [0.29, 0.717) is 19.3 Å². The molecular weight excluding hydrogens is 794 g/mol. The molecule has 0 radical (unpaired) electrons. The fourth-order valence-corrected chi connectivity index (χ4v) is 5.03. The molecule has 0 saturated carbocycles. The summed E-state index contributed by atoms with van der Waals surface area (Å²) < 4.78 is 82.6. The van der Waals surface area contributed by atoms with E-state index in [-0.39, 0.29) is 30.2 Å². The molecule has 17 heteroatoms. The summed E-state index contributed by atoms with van der Waals surface area (Å²) in [5, 5.41) is 13.6. The van der Waals surface area contributed by atoms with Crippen LogP contribution in [0.4, 0.5) is 26.3 Å². The summed E-state index contributed by atoms with van der Waals surface area (Å²) in [6.45, 7) is 3.43. The normalized spacial score (nSPS) is 11.3. The number of rotatable bonds is 18. The number of phenolic OH excluding ortho intramolecular Hbond substituents is 1. The molecule has 0 spiro atoms. The molecule has 2 aromatic heterocycles. The number of aromatic hydroxyl groups is 1. The zero-order chi connectivity index (χ0) is 42.3. The zero-order valence-electron chi connectivity index (χ0n) is 31.2. The summed E-state index contributed by atoms with van der Waals surface area (Å²) in [5.74, 6) is -8.90. The van der Waals surface area contributed by atoms with E-state index >= 15 is 0 Å². The smallest absolute Gasteiger partial charge is 0.252 e. The van der Waals surface area contributed by atoms with Crippen LogP contribution in [0.15, 0.2) is 73.1 Å². The van der Waals surface area contributed by atoms with Crippen LogP contribution >= 0.6 is 11.6 Å². The minimum Gasteiger partial charge on any atom is -0.503 e. The third-order valence-electron chi connectivity index (χ3n) is 7.91. The van der Waals surface area contributed by atoms with Crippen LogP contribution in [-0.2, 0) is 9.59 Å². The van der Waals surface area contributed by atoms with Gasteiger partial charge in [-0.05, 0) is 49.2 Å². The number of aromatic nitrogens is 2. The number of phenols is 1. The Bertz CT molecular complexity index is 1880. The second kappa shape index (κ2) is 27.2. The lowest BCUT2D eigenvalue weighted by molar-refractivity contribution is -0.123. The minimum absolute atomic E-state index is 0. The Morgan fingerprint density at radius 1 is 0.672 bits per heavy atom. The van der Waals surface area contributed by atoms with E-state index in [1.54, 1.807) is 0 Å². The first-order valence-electron chi connectivity index (χ1n) is 17.9. The molecule has 0 aliphatic carbocycles. The summed E-state index contributed by atoms with van der Waals surface area (Å²) in [6, 6.07) is 9.51. The molecule has 10 nitrogen and oxygen atoms in total.